The Bertz CT molecular complexity index is 1340. The first-order valence-electron chi connectivity index (χ1n) is 12.6. The summed E-state index contributed by atoms with van der Waals surface area (Å²) in [4.78, 5) is 2.21. The number of hydrogen-bond acceptors (Lipinski definition) is 5. The molecule has 1 aliphatic heterocycles. The van der Waals surface area contributed by atoms with Crippen LogP contribution in [-0.2, 0) is 11.8 Å². The zero-order valence-electron chi connectivity index (χ0n) is 22.2. The lowest BCUT2D eigenvalue weighted by atomic mass is 10.1. The smallest absolute Gasteiger partial charge is 0.261 e. The zero-order valence-corrected chi connectivity index (χ0v) is 26.5. The van der Waals surface area contributed by atoms with Crippen molar-refractivity contribution in [2.45, 2.75) is 6.42 Å². The van der Waals surface area contributed by atoms with Crippen molar-refractivity contribution in [1.29, 1.82) is 0 Å². The van der Waals surface area contributed by atoms with E-state index in [9.17, 15) is 0 Å². The highest BCUT2D eigenvalue weighted by molar-refractivity contribution is 6.11. The fraction of sp³-hybridized carbons (Fsp3) is 0.464. The molecule has 0 atom stereocenters. The van der Waals surface area contributed by atoms with E-state index in [4.69, 9.17) is 13.9 Å². The molecule has 0 radical (unpaired) electrons. The molecule has 0 saturated carbocycles. The Labute approximate surface area is 253 Å². The summed E-state index contributed by atoms with van der Waals surface area (Å²) in [5.41, 5.74) is 5.10. The Balaban J connectivity index is 0.00000190. The summed E-state index contributed by atoms with van der Waals surface area (Å²) < 4.78 is 21.5. The van der Waals surface area contributed by atoms with E-state index in [-0.39, 0.29) is 48.0 Å². The van der Waals surface area contributed by atoms with Crippen molar-refractivity contribution >= 4 is 38.7 Å². The van der Waals surface area contributed by atoms with Gasteiger partial charge in [0.05, 0.1) is 36.7 Å². The molecule has 0 bridgehead atoms. The molecule has 0 spiro atoms. The van der Waals surface area contributed by atoms with E-state index in [1.807, 2.05) is 12.1 Å². The molecule has 202 valence electrons. The lowest BCUT2D eigenvalue weighted by Gasteiger charge is -2.37. The number of quaternary nitrogens is 1. The van der Waals surface area contributed by atoms with Crippen molar-refractivity contribution in [3.63, 3.8) is 0 Å². The van der Waals surface area contributed by atoms with E-state index < -0.39 is 0 Å². The van der Waals surface area contributed by atoms with Crippen LogP contribution in [0.25, 0.3) is 33.0 Å². The topological polar surface area (TPSA) is 50.8 Å². The Morgan fingerprint density at radius 1 is 1.05 bits per heavy atom. The summed E-state index contributed by atoms with van der Waals surface area (Å²) in [6, 6.07) is 14.7. The molecule has 2 aromatic heterocycles. The number of para-hydroxylation sites is 1. The maximum absolute atomic E-state index is 6.46. The molecule has 1 saturated heterocycles. The van der Waals surface area contributed by atoms with Crippen molar-refractivity contribution in [1.82, 2.24) is 4.90 Å². The monoisotopic (exact) mass is 732 g/mol. The van der Waals surface area contributed by atoms with Gasteiger partial charge in [-0.3, -0.25) is 0 Å². The number of furan rings is 1. The molecular formula is C28H38I2N4O3. The maximum atomic E-state index is 6.46. The standard InChI is InChI=1S/C28H37N4O3.2HI/c1-30(2)13-7-12-29-26-22-8-5-6-9-24(22)31(3)27-23-20-21(10-11-25(23)35-28(26)27)34-19-16-32(4)14-17-33-18-15-32;;/h5-6,8-11,20H,7,12-19H2,1-4H3;2*1H/q+1;;/p-1. The number of pyridine rings is 1. The van der Waals surface area contributed by atoms with Crippen LogP contribution in [0, 0.1) is 0 Å². The van der Waals surface area contributed by atoms with Crippen LogP contribution < -0.4 is 62.6 Å². The van der Waals surface area contributed by atoms with Crippen molar-refractivity contribution in [2.75, 3.05) is 79.0 Å². The number of nitrogens with one attached hydrogen (secondary N) is 1. The molecule has 3 heterocycles. The summed E-state index contributed by atoms with van der Waals surface area (Å²) in [6.45, 7) is 7.35. The maximum Gasteiger partial charge on any atom is 0.261 e. The molecule has 1 N–H and O–H groups in total. The van der Waals surface area contributed by atoms with Crippen molar-refractivity contribution < 1.29 is 70.9 Å². The minimum Gasteiger partial charge on any atom is -1.00 e. The molecule has 1 fully saturated rings. The molecule has 9 heteroatoms. The molecule has 7 nitrogen and oxygen atoms in total. The number of morpholine rings is 1. The van der Waals surface area contributed by atoms with Gasteiger partial charge >= 0.3 is 0 Å². The second-order valence-electron chi connectivity index (χ2n) is 10.2. The molecule has 0 amide bonds. The van der Waals surface area contributed by atoms with Gasteiger partial charge in [0.15, 0.2) is 0 Å². The van der Waals surface area contributed by atoms with Gasteiger partial charge in [-0.2, -0.15) is 4.57 Å². The number of nitrogens with zero attached hydrogens (tertiary/aromatic N) is 3. The summed E-state index contributed by atoms with van der Waals surface area (Å²) >= 11 is 0. The molecule has 2 aromatic carbocycles. The van der Waals surface area contributed by atoms with E-state index in [2.05, 4.69) is 73.3 Å². The van der Waals surface area contributed by atoms with Crippen LogP contribution in [0.3, 0.4) is 0 Å². The second kappa shape index (κ2) is 13.1. The van der Waals surface area contributed by atoms with Gasteiger partial charge in [0.2, 0.25) is 11.1 Å². The molecule has 1 aliphatic rings. The Kier molecular flexibility index (Phi) is 10.7. The summed E-state index contributed by atoms with van der Waals surface area (Å²) in [7, 11) is 8.62. The van der Waals surface area contributed by atoms with E-state index in [0.717, 1.165) is 90.3 Å². The van der Waals surface area contributed by atoms with Gasteiger partial charge < -0.3 is 76.5 Å². The van der Waals surface area contributed by atoms with Crippen LogP contribution in [0.4, 0.5) is 5.69 Å². The summed E-state index contributed by atoms with van der Waals surface area (Å²) in [5.74, 6) is 0.883. The molecule has 37 heavy (non-hydrogen) atoms. The predicted molar refractivity (Wildman–Crippen MR) is 141 cm³/mol. The number of ether oxygens (including phenoxy) is 2. The first-order valence-corrected chi connectivity index (χ1v) is 12.6. The number of aryl methyl sites for hydroxylation is 1. The highest BCUT2D eigenvalue weighted by atomic mass is 127. The SMILES string of the molecule is CN(C)CCCNc1c2ccccc2[n+](C)c2c1oc1ccc(OCC[N+]3(C)CCOCC3)cc12.[I-].[I-]. The third-order valence-corrected chi connectivity index (χ3v) is 7.27. The third kappa shape index (κ3) is 6.60. The average molecular weight is 732 g/mol. The zero-order chi connectivity index (χ0) is 24.4. The largest absolute Gasteiger partial charge is 1.00 e. The van der Waals surface area contributed by atoms with Gasteiger partial charge in [-0.15, -0.1) is 0 Å². The van der Waals surface area contributed by atoms with Crippen molar-refractivity contribution in [3.05, 3.63) is 42.5 Å². The number of anilines is 1. The number of rotatable bonds is 9. The second-order valence-corrected chi connectivity index (χ2v) is 10.2. The fourth-order valence-electron chi connectivity index (χ4n) is 5.05. The van der Waals surface area contributed by atoms with E-state index in [0.29, 0.717) is 6.61 Å². The van der Waals surface area contributed by atoms with Crippen LogP contribution >= 0.6 is 0 Å². The number of likely N-dealkylation sites (N-methyl/N-ethyl adjacent to an activating group) is 1. The summed E-state index contributed by atoms with van der Waals surface area (Å²) in [6.07, 6.45) is 1.06. The van der Waals surface area contributed by atoms with Gasteiger partial charge in [-0.1, -0.05) is 12.1 Å². The normalized spacial score (nSPS) is 15.1. The van der Waals surface area contributed by atoms with Crippen LogP contribution in [-0.4, -0.2) is 83.1 Å². The van der Waals surface area contributed by atoms with Gasteiger partial charge in [0.25, 0.3) is 5.52 Å². The van der Waals surface area contributed by atoms with Crippen molar-refractivity contribution in [2.24, 2.45) is 7.05 Å². The molecule has 0 unspecified atom stereocenters. The minimum atomic E-state index is 0. The Hall–Kier alpha value is -1.41. The fourth-order valence-corrected chi connectivity index (χ4v) is 5.05. The van der Waals surface area contributed by atoms with Crippen LogP contribution in [0.5, 0.6) is 5.75 Å². The van der Waals surface area contributed by atoms with E-state index in [1.54, 1.807) is 0 Å². The predicted octanol–water partition coefficient (Wildman–Crippen LogP) is -2.21. The molecule has 0 aliphatic carbocycles. The minimum absolute atomic E-state index is 0. The Morgan fingerprint density at radius 2 is 1.81 bits per heavy atom. The number of aromatic nitrogens is 1. The van der Waals surface area contributed by atoms with Crippen LogP contribution in [0.1, 0.15) is 6.42 Å². The number of fused-ring (bicyclic) bond motifs is 4. The first kappa shape index (κ1) is 30.1. The van der Waals surface area contributed by atoms with Crippen molar-refractivity contribution in [3.8, 4) is 5.75 Å². The van der Waals surface area contributed by atoms with Gasteiger partial charge in [0, 0.05) is 12.6 Å². The Morgan fingerprint density at radius 3 is 2.57 bits per heavy atom. The lowest BCUT2D eigenvalue weighted by Crippen LogP contribution is -3.00. The highest BCUT2D eigenvalue weighted by Gasteiger charge is 2.26. The quantitative estimate of drug-likeness (QED) is 0.0918. The highest BCUT2D eigenvalue weighted by Crippen LogP contribution is 2.37. The van der Waals surface area contributed by atoms with E-state index >= 15 is 0 Å². The number of hydrogen-bond donors (Lipinski definition) is 1. The summed E-state index contributed by atoms with van der Waals surface area (Å²) in [5, 5.41) is 5.94. The first-order chi connectivity index (χ1) is 17.0. The molecule has 5 rings (SSSR count). The van der Waals surface area contributed by atoms with Gasteiger partial charge in [-0.25, -0.2) is 0 Å². The molecular weight excluding hydrogens is 694 g/mol. The van der Waals surface area contributed by atoms with Crippen LogP contribution in [0.15, 0.2) is 46.9 Å². The molecule has 4 aromatic rings. The number of benzene rings is 2. The van der Waals surface area contributed by atoms with Crippen LogP contribution in [0.2, 0.25) is 0 Å². The van der Waals surface area contributed by atoms with E-state index in [1.165, 1.54) is 10.9 Å². The van der Waals surface area contributed by atoms with Gasteiger partial charge in [-0.05, 0) is 51.3 Å². The van der Waals surface area contributed by atoms with Gasteiger partial charge in [0.1, 0.15) is 44.6 Å². The lowest BCUT2D eigenvalue weighted by molar-refractivity contribution is -0.916. The average Bonchev–Trinajstić information content (AvgIpc) is 3.23. The third-order valence-electron chi connectivity index (χ3n) is 7.27. The number of halogens is 2.